The van der Waals surface area contributed by atoms with Crippen LogP contribution in [0.4, 0.5) is 5.13 Å². The maximum absolute atomic E-state index is 12.3. The normalized spacial score (nSPS) is 16.1. The molecule has 2 heterocycles. The number of rotatable bonds is 5. The van der Waals surface area contributed by atoms with Crippen molar-refractivity contribution in [2.24, 2.45) is 0 Å². The van der Waals surface area contributed by atoms with E-state index in [1.165, 1.54) is 22.6 Å². The summed E-state index contributed by atoms with van der Waals surface area (Å²) in [5.41, 5.74) is 2.01. The van der Waals surface area contributed by atoms with Crippen LogP contribution in [0, 0.1) is 0 Å². The predicted molar refractivity (Wildman–Crippen MR) is 103 cm³/mol. The quantitative estimate of drug-likeness (QED) is 0.634. The molecule has 3 amide bonds. The van der Waals surface area contributed by atoms with Gasteiger partial charge in [0, 0.05) is 17.8 Å². The van der Waals surface area contributed by atoms with E-state index in [0.717, 1.165) is 25.0 Å². The Morgan fingerprint density at radius 3 is 2.52 bits per heavy atom. The summed E-state index contributed by atoms with van der Waals surface area (Å²) in [5.74, 6) is -0.685. The highest BCUT2D eigenvalue weighted by Crippen LogP contribution is 2.29. The van der Waals surface area contributed by atoms with E-state index in [0.29, 0.717) is 22.7 Å². The summed E-state index contributed by atoms with van der Waals surface area (Å²) in [7, 11) is 0. The fourth-order valence-corrected chi connectivity index (χ4v) is 4.67. The minimum absolute atomic E-state index is 0.129. The standard InChI is InChI=1S/C20H21N3O3S/c24-17(22-20-21-15-9-2-1-3-10-16(15)27-20)11-6-12-23-18(25)13-7-4-5-8-14(13)19(23)26/h4-5,7-8H,1-3,6,9-12H2,(H,21,22,24). The van der Waals surface area contributed by atoms with Crippen molar-refractivity contribution in [1.82, 2.24) is 9.88 Å². The van der Waals surface area contributed by atoms with Crippen LogP contribution in [0.2, 0.25) is 0 Å². The molecule has 0 unspecified atom stereocenters. The van der Waals surface area contributed by atoms with Crippen molar-refractivity contribution >= 4 is 34.2 Å². The van der Waals surface area contributed by atoms with Crippen LogP contribution in [0.1, 0.15) is 63.4 Å². The first kappa shape index (κ1) is 17.9. The lowest BCUT2D eigenvalue weighted by molar-refractivity contribution is -0.116. The average Bonchev–Trinajstić information content (AvgIpc) is 3.05. The lowest BCUT2D eigenvalue weighted by Crippen LogP contribution is -2.31. The summed E-state index contributed by atoms with van der Waals surface area (Å²) in [4.78, 5) is 43.9. The van der Waals surface area contributed by atoms with Crippen LogP contribution in [0.3, 0.4) is 0 Å². The van der Waals surface area contributed by atoms with Crippen molar-refractivity contribution < 1.29 is 14.4 Å². The topological polar surface area (TPSA) is 79.4 Å². The lowest BCUT2D eigenvalue weighted by Gasteiger charge is -2.13. The highest BCUT2D eigenvalue weighted by atomic mass is 32.1. The Kier molecular flexibility index (Phi) is 5.03. The van der Waals surface area contributed by atoms with E-state index >= 15 is 0 Å². The molecule has 27 heavy (non-hydrogen) atoms. The molecule has 1 aromatic carbocycles. The molecule has 2 aliphatic rings. The van der Waals surface area contributed by atoms with E-state index in [-0.39, 0.29) is 30.7 Å². The maximum atomic E-state index is 12.3. The van der Waals surface area contributed by atoms with Gasteiger partial charge in [0.25, 0.3) is 11.8 Å². The molecule has 1 aliphatic heterocycles. The Morgan fingerprint density at radius 1 is 1.07 bits per heavy atom. The molecule has 0 radical (unpaired) electrons. The number of aromatic nitrogens is 1. The third kappa shape index (κ3) is 3.64. The number of imide groups is 1. The lowest BCUT2D eigenvalue weighted by atomic mass is 10.1. The molecule has 0 saturated heterocycles. The van der Waals surface area contributed by atoms with Crippen molar-refractivity contribution in [3.63, 3.8) is 0 Å². The van der Waals surface area contributed by atoms with Gasteiger partial charge in [-0.05, 0) is 44.2 Å². The van der Waals surface area contributed by atoms with Gasteiger partial charge in [-0.3, -0.25) is 19.3 Å². The molecule has 1 aromatic heterocycles. The van der Waals surface area contributed by atoms with Gasteiger partial charge in [0.05, 0.1) is 16.8 Å². The van der Waals surface area contributed by atoms with E-state index in [4.69, 9.17) is 0 Å². The molecule has 2 aromatic rings. The SMILES string of the molecule is O=C(CCCN1C(=O)c2ccccc2C1=O)Nc1nc2c(s1)CCCCC2. The first-order valence-electron chi connectivity index (χ1n) is 9.37. The number of hydrogen-bond donors (Lipinski definition) is 1. The Morgan fingerprint density at radius 2 is 1.78 bits per heavy atom. The number of thiazole rings is 1. The number of anilines is 1. The van der Waals surface area contributed by atoms with Crippen molar-refractivity contribution in [2.75, 3.05) is 11.9 Å². The second-order valence-corrected chi connectivity index (χ2v) is 7.99. The summed E-state index contributed by atoms with van der Waals surface area (Å²) in [6, 6.07) is 6.82. The summed E-state index contributed by atoms with van der Waals surface area (Å²) >= 11 is 1.57. The molecule has 0 fully saturated rings. The second kappa shape index (κ2) is 7.60. The molecular formula is C20H21N3O3S. The zero-order valence-electron chi connectivity index (χ0n) is 15.0. The van der Waals surface area contributed by atoms with Gasteiger partial charge in [-0.2, -0.15) is 0 Å². The van der Waals surface area contributed by atoms with E-state index in [9.17, 15) is 14.4 Å². The minimum atomic E-state index is -0.278. The number of hydrogen-bond acceptors (Lipinski definition) is 5. The zero-order chi connectivity index (χ0) is 18.8. The number of carbonyl (C=O) groups is 3. The van der Waals surface area contributed by atoms with E-state index < -0.39 is 0 Å². The van der Waals surface area contributed by atoms with Crippen LogP contribution in [-0.2, 0) is 17.6 Å². The molecule has 0 bridgehead atoms. The second-order valence-electron chi connectivity index (χ2n) is 6.91. The van der Waals surface area contributed by atoms with Crippen LogP contribution < -0.4 is 5.32 Å². The van der Waals surface area contributed by atoms with Crippen LogP contribution in [0.15, 0.2) is 24.3 Å². The average molecular weight is 383 g/mol. The highest BCUT2D eigenvalue weighted by Gasteiger charge is 2.34. The third-order valence-corrected chi connectivity index (χ3v) is 6.08. The molecule has 140 valence electrons. The Labute approximate surface area is 161 Å². The third-order valence-electron chi connectivity index (χ3n) is 5.01. The Hall–Kier alpha value is -2.54. The molecule has 1 N–H and O–H groups in total. The first-order valence-corrected chi connectivity index (χ1v) is 10.2. The summed E-state index contributed by atoms with van der Waals surface area (Å²) in [5, 5.41) is 3.52. The molecule has 0 atom stereocenters. The number of benzene rings is 1. The van der Waals surface area contributed by atoms with Gasteiger partial charge in [0.1, 0.15) is 0 Å². The van der Waals surface area contributed by atoms with Gasteiger partial charge in [0.2, 0.25) is 5.91 Å². The van der Waals surface area contributed by atoms with Gasteiger partial charge in [0.15, 0.2) is 5.13 Å². The Balaban J connectivity index is 1.29. The molecule has 7 heteroatoms. The summed E-state index contributed by atoms with van der Waals surface area (Å²) in [6.45, 7) is 0.244. The van der Waals surface area contributed by atoms with Crippen molar-refractivity contribution in [3.8, 4) is 0 Å². The van der Waals surface area contributed by atoms with Gasteiger partial charge in [-0.15, -0.1) is 11.3 Å². The number of nitrogens with zero attached hydrogens (tertiary/aromatic N) is 2. The predicted octanol–water partition coefficient (Wildman–Crippen LogP) is 3.43. The number of amides is 3. The van der Waals surface area contributed by atoms with Crippen LogP contribution >= 0.6 is 11.3 Å². The summed E-state index contributed by atoms with van der Waals surface area (Å²) < 4.78 is 0. The van der Waals surface area contributed by atoms with Gasteiger partial charge < -0.3 is 5.32 Å². The zero-order valence-corrected chi connectivity index (χ0v) is 15.8. The van der Waals surface area contributed by atoms with Gasteiger partial charge in [-0.25, -0.2) is 4.98 Å². The first-order chi connectivity index (χ1) is 13.1. The maximum Gasteiger partial charge on any atom is 0.261 e. The van der Waals surface area contributed by atoms with E-state index in [1.807, 2.05) is 0 Å². The minimum Gasteiger partial charge on any atom is -0.302 e. The highest BCUT2D eigenvalue weighted by molar-refractivity contribution is 7.15. The summed E-state index contributed by atoms with van der Waals surface area (Å²) in [6.07, 6.45) is 6.29. The molecule has 4 rings (SSSR count). The fraction of sp³-hybridized carbons (Fsp3) is 0.400. The molecule has 1 aliphatic carbocycles. The molecule has 0 saturated carbocycles. The number of nitrogens with one attached hydrogen (secondary N) is 1. The number of aryl methyl sites for hydroxylation is 2. The molecular weight excluding hydrogens is 362 g/mol. The van der Waals surface area contributed by atoms with Crippen LogP contribution in [0.5, 0.6) is 0 Å². The van der Waals surface area contributed by atoms with E-state index in [1.54, 1.807) is 35.6 Å². The van der Waals surface area contributed by atoms with Gasteiger partial charge in [-0.1, -0.05) is 18.6 Å². The van der Waals surface area contributed by atoms with Gasteiger partial charge >= 0.3 is 0 Å². The number of carbonyl (C=O) groups excluding carboxylic acids is 3. The Bertz CT molecular complexity index is 847. The van der Waals surface area contributed by atoms with Crippen molar-refractivity contribution in [3.05, 3.63) is 46.0 Å². The van der Waals surface area contributed by atoms with Crippen molar-refractivity contribution in [2.45, 2.75) is 44.9 Å². The molecule has 6 nitrogen and oxygen atoms in total. The van der Waals surface area contributed by atoms with Crippen LogP contribution in [0.25, 0.3) is 0 Å². The van der Waals surface area contributed by atoms with E-state index in [2.05, 4.69) is 10.3 Å². The monoisotopic (exact) mass is 383 g/mol. The number of fused-ring (bicyclic) bond motifs is 2. The van der Waals surface area contributed by atoms with Crippen LogP contribution in [-0.4, -0.2) is 34.2 Å². The fourth-order valence-electron chi connectivity index (χ4n) is 3.60. The smallest absolute Gasteiger partial charge is 0.261 e. The molecule has 0 spiro atoms. The van der Waals surface area contributed by atoms with Crippen molar-refractivity contribution in [1.29, 1.82) is 0 Å². The largest absolute Gasteiger partial charge is 0.302 e.